The van der Waals surface area contributed by atoms with Crippen molar-refractivity contribution in [1.82, 2.24) is 15.0 Å². The lowest BCUT2D eigenvalue weighted by molar-refractivity contribution is 0.0297. The molecule has 0 saturated carbocycles. The zero-order chi connectivity index (χ0) is 11.5. The van der Waals surface area contributed by atoms with Gasteiger partial charge >= 0.3 is 0 Å². The Bertz CT molecular complexity index is 357. The summed E-state index contributed by atoms with van der Waals surface area (Å²) in [5.74, 6) is 1.82. The van der Waals surface area contributed by atoms with Crippen LogP contribution in [-0.2, 0) is 16.0 Å². The lowest BCUT2D eigenvalue weighted by atomic mass is 10.1. The number of rotatable bonds is 3. The summed E-state index contributed by atoms with van der Waals surface area (Å²) >= 11 is 0. The van der Waals surface area contributed by atoms with Crippen LogP contribution in [0.3, 0.4) is 0 Å². The van der Waals surface area contributed by atoms with Gasteiger partial charge < -0.3 is 14.0 Å². The molecule has 1 atom stereocenters. The van der Waals surface area contributed by atoms with E-state index in [1.807, 2.05) is 0 Å². The Kier molecular flexibility index (Phi) is 3.35. The summed E-state index contributed by atoms with van der Waals surface area (Å²) in [7, 11) is 0. The first kappa shape index (κ1) is 11.1. The fourth-order valence-corrected chi connectivity index (χ4v) is 2.19. The number of ether oxygens (including phenoxy) is 2. The van der Waals surface area contributed by atoms with E-state index in [0.717, 1.165) is 58.3 Å². The molecule has 0 N–H and O–H groups in total. The molecule has 3 heterocycles. The first-order chi connectivity index (χ1) is 8.42. The van der Waals surface area contributed by atoms with Crippen LogP contribution in [0.25, 0.3) is 0 Å². The predicted molar refractivity (Wildman–Crippen MR) is 58.6 cm³/mol. The Balaban J connectivity index is 1.59. The van der Waals surface area contributed by atoms with Crippen molar-refractivity contribution in [3.05, 3.63) is 11.7 Å². The van der Waals surface area contributed by atoms with Crippen LogP contribution in [0.5, 0.6) is 0 Å². The van der Waals surface area contributed by atoms with Gasteiger partial charge in [0.15, 0.2) is 5.82 Å². The quantitative estimate of drug-likeness (QED) is 0.761. The molecule has 1 aromatic heterocycles. The zero-order valence-electron chi connectivity index (χ0n) is 9.80. The minimum absolute atomic E-state index is 0.317. The van der Waals surface area contributed by atoms with Crippen LogP contribution >= 0.6 is 0 Å². The third-order valence-electron chi connectivity index (χ3n) is 3.24. The van der Waals surface area contributed by atoms with Crippen molar-refractivity contribution in [3.63, 3.8) is 0 Å². The van der Waals surface area contributed by atoms with Crippen molar-refractivity contribution in [1.29, 1.82) is 0 Å². The fourth-order valence-electron chi connectivity index (χ4n) is 2.19. The molecular weight excluding hydrogens is 222 g/mol. The first-order valence-electron chi connectivity index (χ1n) is 6.12. The van der Waals surface area contributed by atoms with E-state index >= 15 is 0 Å². The molecule has 0 bridgehead atoms. The Morgan fingerprint density at radius 1 is 1.18 bits per heavy atom. The van der Waals surface area contributed by atoms with Crippen LogP contribution in [-0.4, -0.2) is 54.6 Å². The third-order valence-corrected chi connectivity index (χ3v) is 3.24. The highest BCUT2D eigenvalue weighted by Gasteiger charge is 2.23. The van der Waals surface area contributed by atoms with E-state index in [1.54, 1.807) is 0 Å². The van der Waals surface area contributed by atoms with Crippen LogP contribution in [0, 0.1) is 0 Å². The van der Waals surface area contributed by atoms with E-state index in [4.69, 9.17) is 14.0 Å². The van der Waals surface area contributed by atoms with Crippen molar-refractivity contribution in [3.8, 4) is 0 Å². The maximum Gasteiger partial charge on any atom is 0.240 e. The monoisotopic (exact) mass is 239 g/mol. The summed E-state index contributed by atoms with van der Waals surface area (Å²) in [5.41, 5.74) is 0. The molecule has 6 heteroatoms. The van der Waals surface area contributed by atoms with Crippen molar-refractivity contribution in [2.45, 2.75) is 18.9 Å². The molecule has 2 fully saturated rings. The molecule has 2 aliphatic rings. The first-order valence-corrected chi connectivity index (χ1v) is 6.12. The minimum Gasteiger partial charge on any atom is -0.381 e. The van der Waals surface area contributed by atoms with Gasteiger partial charge in [0.05, 0.1) is 26.4 Å². The normalized spacial score (nSPS) is 26.5. The summed E-state index contributed by atoms with van der Waals surface area (Å²) in [5, 5.41) is 4.04. The summed E-state index contributed by atoms with van der Waals surface area (Å²) in [6.07, 6.45) is 0.997. The molecule has 3 rings (SSSR count). The molecule has 17 heavy (non-hydrogen) atoms. The molecule has 1 aromatic rings. The Morgan fingerprint density at radius 3 is 2.82 bits per heavy atom. The summed E-state index contributed by atoms with van der Waals surface area (Å²) in [4.78, 5) is 6.72. The summed E-state index contributed by atoms with van der Waals surface area (Å²) in [6.45, 7) is 5.70. The summed E-state index contributed by atoms with van der Waals surface area (Å²) < 4.78 is 15.9. The average Bonchev–Trinajstić information content (AvgIpc) is 3.00. The number of nitrogens with zero attached hydrogens (tertiary/aromatic N) is 3. The van der Waals surface area contributed by atoms with Crippen LogP contribution in [0.1, 0.15) is 24.1 Å². The zero-order valence-corrected chi connectivity index (χ0v) is 9.80. The van der Waals surface area contributed by atoms with Crippen molar-refractivity contribution >= 4 is 0 Å². The minimum atomic E-state index is 0.317. The van der Waals surface area contributed by atoms with Gasteiger partial charge in [0, 0.05) is 25.6 Å². The predicted octanol–water partition coefficient (Wildman–Crippen LogP) is 0.406. The van der Waals surface area contributed by atoms with Gasteiger partial charge in [-0.25, -0.2) is 0 Å². The van der Waals surface area contributed by atoms with Crippen molar-refractivity contribution in [2.75, 3.05) is 39.5 Å². The standard InChI is InChI=1S/C11H17N3O3/c1-4-16-8-9(1)11-12-10(17-13-11)7-14-2-5-15-6-3-14/h9H,1-8H2. The number of aromatic nitrogens is 2. The van der Waals surface area contributed by atoms with E-state index in [2.05, 4.69) is 15.0 Å². The van der Waals surface area contributed by atoms with Crippen LogP contribution in [0.4, 0.5) is 0 Å². The van der Waals surface area contributed by atoms with E-state index in [9.17, 15) is 0 Å². The number of hydrogen-bond donors (Lipinski definition) is 0. The SMILES string of the molecule is C1CN(Cc2nc(C3CCOC3)no2)CCO1. The van der Waals surface area contributed by atoms with Gasteiger partial charge in [-0.2, -0.15) is 4.98 Å². The third kappa shape index (κ3) is 2.65. The van der Waals surface area contributed by atoms with Crippen molar-refractivity contribution < 1.29 is 14.0 Å². The molecule has 0 spiro atoms. The van der Waals surface area contributed by atoms with Gasteiger partial charge in [0.1, 0.15) is 0 Å². The number of morpholine rings is 1. The molecule has 0 aliphatic carbocycles. The van der Waals surface area contributed by atoms with Crippen molar-refractivity contribution in [2.24, 2.45) is 0 Å². The maximum atomic E-state index is 5.32. The summed E-state index contributed by atoms with van der Waals surface area (Å²) in [6, 6.07) is 0. The largest absolute Gasteiger partial charge is 0.381 e. The molecule has 2 aliphatic heterocycles. The molecule has 0 radical (unpaired) electrons. The van der Waals surface area contributed by atoms with Gasteiger partial charge in [-0.1, -0.05) is 5.16 Å². The van der Waals surface area contributed by atoms with E-state index < -0.39 is 0 Å². The smallest absolute Gasteiger partial charge is 0.240 e. The van der Waals surface area contributed by atoms with Crippen LogP contribution < -0.4 is 0 Å². The highest BCUT2D eigenvalue weighted by atomic mass is 16.5. The molecule has 0 amide bonds. The second kappa shape index (κ2) is 5.12. The molecule has 1 unspecified atom stereocenters. The van der Waals surface area contributed by atoms with Gasteiger partial charge in [0.2, 0.25) is 5.89 Å². The second-order valence-electron chi connectivity index (χ2n) is 4.50. The Morgan fingerprint density at radius 2 is 2.06 bits per heavy atom. The lowest BCUT2D eigenvalue weighted by Gasteiger charge is -2.24. The van der Waals surface area contributed by atoms with E-state index in [1.165, 1.54) is 0 Å². The topological polar surface area (TPSA) is 60.6 Å². The van der Waals surface area contributed by atoms with Gasteiger partial charge in [-0.15, -0.1) is 0 Å². The maximum absolute atomic E-state index is 5.32. The highest BCUT2D eigenvalue weighted by Crippen LogP contribution is 2.22. The highest BCUT2D eigenvalue weighted by molar-refractivity contribution is 4.97. The van der Waals surface area contributed by atoms with Gasteiger partial charge in [-0.05, 0) is 6.42 Å². The van der Waals surface area contributed by atoms with Crippen LogP contribution in [0.15, 0.2) is 4.52 Å². The molecule has 6 nitrogen and oxygen atoms in total. The Hall–Kier alpha value is -0.980. The molecule has 94 valence electrons. The van der Waals surface area contributed by atoms with E-state index in [-0.39, 0.29) is 0 Å². The number of hydrogen-bond acceptors (Lipinski definition) is 6. The molecule has 2 saturated heterocycles. The molecule has 0 aromatic carbocycles. The molecular formula is C11H17N3O3. The van der Waals surface area contributed by atoms with Gasteiger partial charge in [-0.3, -0.25) is 4.90 Å². The average molecular weight is 239 g/mol. The van der Waals surface area contributed by atoms with Crippen LogP contribution in [0.2, 0.25) is 0 Å². The van der Waals surface area contributed by atoms with Gasteiger partial charge in [0.25, 0.3) is 0 Å². The fraction of sp³-hybridized carbons (Fsp3) is 0.818. The van der Waals surface area contributed by atoms with E-state index in [0.29, 0.717) is 11.8 Å². The second-order valence-corrected chi connectivity index (χ2v) is 4.50. The lowest BCUT2D eigenvalue weighted by Crippen LogP contribution is -2.35. The Labute approximate surface area is 99.9 Å².